The number of benzene rings is 2. The van der Waals surface area contributed by atoms with Gasteiger partial charge in [-0.3, -0.25) is 24.4 Å². The van der Waals surface area contributed by atoms with E-state index in [9.17, 15) is 29.5 Å². The largest absolute Gasteiger partial charge is 0.508 e. The van der Waals surface area contributed by atoms with E-state index in [1.807, 2.05) is 39.0 Å². The van der Waals surface area contributed by atoms with E-state index in [2.05, 4.69) is 54.3 Å². The summed E-state index contributed by atoms with van der Waals surface area (Å²) in [7, 11) is 3.22. The first-order valence-electron chi connectivity index (χ1n) is 21.9. The number of ether oxygens (including phenoxy) is 2. The highest BCUT2D eigenvalue weighted by Gasteiger charge is 2.46. The van der Waals surface area contributed by atoms with Crippen molar-refractivity contribution in [3.05, 3.63) is 76.5 Å². The Hall–Kier alpha value is -5.38. The first kappa shape index (κ1) is 44.7. The fraction of sp³-hybridized carbons (Fsp3) is 0.532. The third-order valence-corrected chi connectivity index (χ3v) is 12.7. The third kappa shape index (κ3) is 9.06. The van der Waals surface area contributed by atoms with Crippen LogP contribution in [0.3, 0.4) is 0 Å². The van der Waals surface area contributed by atoms with Crippen LogP contribution in [0.4, 0.5) is 0 Å². The van der Waals surface area contributed by atoms with E-state index in [-0.39, 0.29) is 37.3 Å². The zero-order chi connectivity index (χ0) is 44.6. The molecule has 4 N–H and O–H groups in total. The van der Waals surface area contributed by atoms with Crippen LogP contribution in [0.5, 0.6) is 5.75 Å². The number of amides is 2. The molecule has 3 aliphatic rings. The highest BCUT2D eigenvalue weighted by molar-refractivity contribution is 5.95. The smallest absolute Gasteiger partial charge is 0.324 e. The maximum atomic E-state index is 14.6. The van der Waals surface area contributed by atoms with Gasteiger partial charge in [0.15, 0.2) is 6.04 Å². The lowest BCUT2D eigenvalue weighted by Crippen LogP contribution is -2.62. The number of aliphatic hydroxyl groups is 1. The van der Waals surface area contributed by atoms with Gasteiger partial charge in [0, 0.05) is 67.5 Å². The van der Waals surface area contributed by atoms with E-state index in [1.165, 1.54) is 10.0 Å². The summed E-state index contributed by atoms with van der Waals surface area (Å²) in [6.07, 6.45) is 3.07. The Morgan fingerprint density at radius 1 is 1.13 bits per heavy atom. The van der Waals surface area contributed by atoms with Crippen molar-refractivity contribution in [2.24, 2.45) is 11.3 Å². The number of methoxy groups -OCH3 is 1. The van der Waals surface area contributed by atoms with Crippen molar-refractivity contribution in [2.45, 2.75) is 123 Å². The topological polar surface area (TPSA) is 179 Å². The van der Waals surface area contributed by atoms with E-state index in [0.717, 1.165) is 49.4 Å². The number of likely N-dealkylation sites (N-methyl/N-ethyl adjacent to an activating group) is 1. The Morgan fingerprint density at radius 3 is 2.58 bits per heavy atom. The number of phenols is 1. The Kier molecular flexibility index (Phi) is 13.1. The molecule has 2 aliphatic heterocycles. The van der Waals surface area contributed by atoms with Crippen molar-refractivity contribution in [2.75, 3.05) is 27.3 Å². The van der Waals surface area contributed by atoms with E-state index in [1.54, 1.807) is 32.5 Å². The van der Waals surface area contributed by atoms with Gasteiger partial charge in [-0.15, -0.1) is 5.01 Å². The Morgan fingerprint density at radius 2 is 1.89 bits per heavy atom. The number of hydrogen-bond acceptors (Lipinski definition) is 10. The second kappa shape index (κ2) is 18.1. The third-order valence-electron chi connectivity index (χ3n) is 12.7. The molecular formula is C47H62N7O8+. The van der Waals surface area contributed by atoms with Crippen LogP contribution >= 0.6 is 0 Å². The average molecular weight is 853 g/mol. The first-order chi connectivity index (χ1) is 29.5. The minimum atomic E-state index is -1.14. The van der Waals surface area contributed by atoms with Gasteiger partial charge in [0.2, 0.25) is 11.9 Å². The van der Waals surface area contributed by atoms with Gasteiger partial charge in [0.05, 0.1) is 42.2 Å². The number of aromatic hydroxyl groups is 1. The quantitative estimate of drug-likeness (QED) is 0.0884. The number of aryl methyl sites for hydroxylation is 1. The minimum absolute atomic E-state index is 0.00319. The molecule has 4 aromatic rings. The van der Waals surface area contributed by atoms with Crippen molar-refractivity contribution < 1.29 is 38.9 Å². The second-order valence-corrected chi connectivity index (χ2v) is 18.4. The zero-order valence-corrected chi connectivity index (χ0v) is 37.2. The number of hydrazine groups is 2. The van der Waals surface area contributed by atoms with Gasteiger partial charge in [-0.2, -0.15) is 0 Å². The molecule has 332 valence electrons. The van der Waals surface area contributed by atoms with Crippen molar-refractivity contribution >= 4 is 28.7 Å². The molecule has 2 aromatic heterocycles. The molecule has 0 radical (unpaired) electrons. The van der Waals surface area contributed by atoms with Crippen LogP contribution in [0, 0.1) is 16.2 Å². The molecule has 15 heteroatoms. The number of phenolic OH excluding ortho intramolecular Hbond substituents is 1. The number of hydrogen-bond donors (Lipinski definition) is 4. The van der Waals surface area contributed by atoms with Crippen molar-refractivity contribution in [1.29, 1.82) is 0 Å². The first-order valence-corrected chi connectivity index (χ1v) is 21.9. The van der Waals surface area contributed by atoms with Crippen molar-refractivity contribution in [3.8, 4) is 28.1 Å². The fourth-order valence-electron chi connectivity index (χ4n) is 9.35. The maximum Gasteiger partial charge on any atom is 0.324 e. The van der Waals surface area contributed by atoms with E-state index >= 15 is 0 Å². The lowest BCUT2D eigenvalue weighted by Gasteiger charge is -2.36. The predicted octanol–water partition coefficient (Wildman–Crippen LogP) is 5.63. The molecule has 1 aliphatic carbocycles. The molecule has 2 amide bonds. The number of carbonyl (C=O) groups excluding carboxylic acids is 3. The Labute approximate surface area is 363 Å². The van der Waals surface area contributed by atoms with Gasteiger partial charge in [-0.05, 0) is 97.7 Å². The fourth-order valence-corrected chi connectivity index (χ4v) is 9.35. The molecule has 6 bridgehead atoms. The number of fused-ring (bicyclic) bond motifs is 6. The van der Waals surface area contributed by atoms with Gasteiger partial charge < -0.3 is 29.6 Å². The molecule has 15 nitrogen and oxygen atoms in total. The SMILES string of the molecule is CCn1c(-c2cccnc2C(C)OC)c2c3cc(ccc31)-c1cc(O)cc(c1)CC(NC(=O)C(C(C)C)N(C)[N+](=O)C1CC(O)C1)C(=O)N1CCC[C@H](N1)C(=O)OCC(C)(C)C2. The molecule has 1 saturated carbocycles. The lowest BCUT2D eigenvalue weighted by molar-refractivity contribution is -0.745. The monoisotopic (exact) mass is 852 g/mol. The summed E-state index contributed by atoms with van der Waals surface area (Å²) < 4.78 is 14.2. The number of rotatable bonds is 10. The summed E-state index contributed by atoms with van der Waals surface area (Å²) >= 11 is 0. The molecular weight excluding hydrogens is 791 g/mol. The number of cyclic esters (lactones) is 1. The normalized spacial score (nSPS) is 22.6. The number of aromatic nitrogens is 2. The van der Waals surface area contributed by atoms with Crippen molar-refractivity contribution in [1.82, 2.24) is 30.3 Å². The predicted molar refractivity (Wildman–Crippen MR) is 234 cm³/mol. The number of aliphatic hydroxyl groups excluding tert-OH is 1. The molecule has 4 heterocycles. The summed E-state index contributed by atoms with van der Waals surface area (Å²) in [6.45, 7) is 13.0. The van der Waals surface area contributed by atoms with E-state index < -0.39 is 53.5 Å². The van der Waals surface area contributed by atoms with Crippen LogP contribution in [0.25, 0.3) is 33.3 Å². The molecule has 0 spiro atoms. The second-order valence-electron chi connectivity index (χ2n) is 18.4. The molecule has 3 unspecified atom stereocenters. The number of esters is 1. The molecule has 2 fully saturated rings. The van der Waals surface area contributed by atoms with Gasteiger partial charge in [-0.1, -0.05) is 39.8 Å². The summed E-state index contributed by atoms with van der Waals surface area (Å²) in [5.41, 5.74) is 9.57. The van der Waals surface area contributed by atoms with Gasteiger partial charge >= 0.3 is 5.97 Å². The van der Waals surface area contributed by atoms with Crippen molar-refractivity contribution in [3.63, 3.8) is 0 Å². The van der Waals surface area contributed by atoms with Crippen LogP contribution in [0.2, 0.25) is 0 Å². The standard InChI is InChI=1S/C47H61N7O8/c1-9-52-40-15-14-30-22-36(40)37(43(52)35-12-10-16-48-41(35)28(4)61-8)25-47(5,6)26-62-46(59)38-13-11-17-53(50-38)45(58)39(20-29-18-31(30)21-33(55)19-29)49-44(57)42(27(2)3)51(7)54(60)32-23-34(56)24-32/h10,12,14-16,18-19,21-22,27-28,32,34,38-39,42,50,56H,9,11,13,17,20,23-26H2,1-8H3,(H-,49,55,57)/p+1/t28?,32?,34?,38-,39?,42?/m0/s1. The van der Waals surface area contributed by atoms with Gasteiger partial charge in [0.1, 0.15) is 22.7 Å². The molecule has 7 rings (SSSR count). The zero-order valence-electron chi connectivity index (χ0n) is 37.2. The van der Waals surface area contributed by atoms with Crippen LogP contribution in [0.15, 0.2) is 54.7 Å². The highest BCUT2D eigenvalue weighted by atomic mass is 16.5. The van der Waals surface area contributed by atoms with E-state index in [0.29, 0.717) is 44.2 Å². The van der Waals surface area contributed by atoms with Crippen LogP contribution in [-0.4, -0.2) is 110 Å². The van der Waals surface area contributed by atoms with Gasteiger partial charge in [-0.25, -0.2) is 5.43 Å². The number of nitrogens with one attached hydrogen (secondary N) is 2. The average Bonchev–Trinajstić information content (AvgIpc) is 3.54. The minimum Gasteiger partial charge on any atom is -0.508 e. The number of nitrogens with zero attached hydrogens (tertiary/aromatic N) is 5. The molecule has 2 aromatic carbocycles. The Bertz CT molecular complexity index is 2340. The maximum absolute atomic E-state index is 14.6. The highest BCUT2D eigenvalue weighted by Crippen LogP contribution is 2.42. The molecule has 62 heavy (non-hydrogen) atoms. The summed E-state index contributed by atoms with van der Waals surface area (Å²) in [5.74, 6) is -1.80. The van der Waals surface area contributed by atoms with Crippen LogP contribution in [-0.2, 0) is 43.2 Å². The summed E-state index contributed by atoms with van der Waals surface area (Å²) in [4.78, 5) is 61.6. The van der Waals surface area contributed by atoms with Crippen LogP contribution < -0.4 is 10.7 Å². The van der Waals surface area contributed by atoms with Gasteiger partial charge in [0.25, 0.3) is 5.91 Å². The number of carbonyl (C=O) groups is 3. The Balaban J connectivity index is 1.34. The number of nitroso groups, excluding NO2 is 1. The molecule has 1 saturated heterocycles. The molecule has 4 atom stereocenters. The lowest BCUT2D eigenvalue weighted by atomic mass is 9.84. The van der Waals surface area contributed by atoms with Crippen LogP contribution in [0.1, 0.15) is 90.2 Å². The van der Waals surface area contributed by atoms with E-state index in [4.69, 9.17) is 14.5 Å². The number of pyridine rings is 1. The summed E-state index contributed by atoms with van der Waals surface area (Å²) in [5, 5.41) is 27.8. The summed E-state index contributed by atoms with van der Waals surface area (Å²) in [6, 6.07) is 12.1.